The van der Waals surface area contributed by atoms with Crippen LogP contribution >= 0.6 is 11.3 Å². The van der Waals surface area contributed by atoms with Gasteiger partial charge in [-0.15, -0.1) is 11.3 Å². The van der Waals surface area contributed by atoms with Crippen LogP contribution in [0.3, 0.4) is 0 Å². The highest BCUT2D eigenvalue weighted by Crippen LogP contribution is 2.32. The van der Waals surface area contributed by atoms with Crippen molar-refractivity contribution in [2.24, 2.45) is 0 Å². The second-order valence-electron chi connectivity index (χ2n) is 7.83. The molecule has 2 heterocycles. The number of aromatic nitrogens is 1. The van der Waals surface area contributed by atoms with Crippen LogP contribution in [-0.4, -0.2) is 29.5 Å². The summed E-state index contributed by atoms with van der Waals surface area (Å²) in [5, 5.41) is 10.1. The Labute approximate surface area is 170 Å². The van der Waals surface area contributed by atoms with Crippen LogP contribution in [0.25, 0.3) is 10.9 Å². The second-order valence-corrected chi connectivity index (χ2v) is 8.81. The third-order valence-corrected chi connectivity index (χ3v) is 6.84. The van der Waals surface area contributed by atoms with Gasteiger partial charge >= 0.3 is 0 Å². The normalized spacial score (nSPS) is 17.5. The van der Waals surface area contributed by atoms with Crippen molar-refractivity contribution in [3.05, 3.63) is 58.4 Å². The molecule has 1 amide bonds. The monoisotopic (exact) mass is 395 g/mol. The van der Waals surface area contributed by atoms with E-state index in [9.17, 15) is 4.79 Å². The fraction of sp³-hybridized carbons (Fsp3) is 0.435. The highest BCUT2D eigenvalue weighted by Gasteiger charge is 2.23. The lowest BCUT2D eigenvalue weighted by molar-refractivity contribution is -0.123. The molecule has 148 valence electrons. The number of benzene rings is 1. The van der Waals surface area contributed by atoms with Crippen molar-refractivity contribution in [1.82, 2.24) is 15.6 Å². The Hall–Kier alpha value is -2.11. The first-order valence-electron chi connectivity index (χ1n) is 10.4. The number of carbonyl (C=O) groups excluding carboxylic acids is 1. The molecule has 2 atom stereocenters. The maximum Gasteiger partial charge on any atom is 0.237 e. The Balaban J connectivity index is 1.45. The fourth-order valence-electron chi connectivity index (χ4n) is 4.20. The lowest BCUT2D eigenvalue weighted by Crippen LogP contribution is -2.47. The molecule has 3 aromatic rings. The van der Waals surface area contributed by atoms with Crippen LogP contribution in [0.5, 0.6) is 0 Å². The van der Waals surface area contributed by atoms with Gasteiger partial charge in [-0.25, -0.2) is 0 Å². The molecule has 3 N–H and O–H groups in total. The molecule has 1 aromatic carbocycles. The zero-order valence-corrected chi connectivity index (χ0v) is 17.2. The third-order valence-electron chi connectivity index (χ3n) is 5.86. The largest absolute Gasteiger partial charge is 0.361 e. The van der Waals surface area contributed by atoms with Crippen molar-refractivity contribution in [2.45, 2.75) is 57.0 Å². The number of H-pyrrole nitrogens is 1. The van der Waals surface area contributed by atoms with Gasteiger partial charge in [-0.2, -0.15) is 0 Å². The van der Waals surface area contributed by atoms with E-state index in [1.807, 2.05) is 6.92 Å². The van der Waals surface area contributed by atoms with E-state index < -0.39 is 0 Å². The fourth-order valence-corrected chi connectivity index (χ4v) is 5.04. The van der Waals surface area contributed by atoms with Crippen LogP contribution in [0.15, 0.2) is 48.0 Å². The Morgan fingerprint density at radius 1 is 1.18 bits per heavy atom. The van der Waals surface area contributed by atoms with Crippen LogP contribution in [0.4, 0.5) is 0 Å². The number of nitrogens with one attached hydrogen (secondary N) is 3. The summed E-state index contributed by atoms with van der Waals surface area (Å²) in [4.78, 5) is 17.3. The minimum absolute atomic E-state index is 0.121. The highest BCUT2D eigenvalue weighted by atomic mass is 32.1. The van der Waals surface area contributed by atoms with Crippen molar-refractivity contribution in [3.63, 3.8) is 0 Å². The molecule has 0 bridgehead atoms. The van der Waals surface area contributed by atoms with Gasteiger partial charge in [-0.3, -0.25) is 4.79 Å². The SMILES string of the molecule is C[C@@H](NC[C@H](c1cccs1)c1c[nH]c2ccccc12)C(=O)NC1CCCCC1. The number of thiophene rings is 1. The van der Waals surface area contributed by atoms with E-state index in [0.29, 0.717) is 6.04 Å². The van der Waals surface area contributed by atoms with Gasteiger partial charge in [0.05, 0.1) is 6.04 Å². The van der Waals surface area contributed by atoms with Gasteiger partial charge in [0.2, 0.25) is 5.91 Å². The molecule has 0 aliphatic heterocycles. The molecule has 28 heavy (non-hydrogen) atoms. The quantitative estimate of drug-likeness (QED) is 0.539. The van der Waals surface area contributed by atoms with Gasteiger partial charge in [-0.1, -0.05) is 43.5 Å². The first-order valence-corrected chi connectivity index (χ1v) is 11.2. The van der Waals surface area contributed by atoms with E-state index >= 15 is 0 Å². The van der Waals surface area contributed by atoms with E-state index in [1.54, 1.807) is 11.3 Å². The minimum Gasteiger partial charge on any atom is -0.361 e. The van der Waals surface area contributed by atoms with Gasteiger partial charge in [-0.05, 0) is 42.8 Å². The van der Waals surface area contributed by atoms with Crippen LogP contribution < -0.4 is 10.6 Å². The summed E-state index contributed by atoms with van der Waals surface area (Å²) >= 11 is 1.77. The predicted molar refractivity (Wildman–Crippen MR) is 117 cm³/mol. The first-order chi connectivity index (χ1) is 13.7. The van der Waals surface area contributed by atoms with E-state index in [4.69, 9.17) is 0 Å². The van der Waals surface area contributed by atoms with Crippen LogP contribution in [0.2, 0.25) is 0 Å². The molecular weight excluding hydrogens is 366 g/mol. The topological polar surface area (TPSA) is 56.9 Å². The maximum atomic E-state index is 12.6. The third kappa shape index (κ3) is 4.31. The van der Waals surface area contributed by atoms with Gasteiger partial charge < -0.3 is 15.6 Å². The number of hydrogen-bond acceptors (Lipinski definition) is 3. The summed E-state index contributed by atoms with van der Waals surface area (Å²) in [6, 6.07) is 12.9. The van der Waals surface area contributed by atoms with Gasteiger partial charge in [0, 0.05) is 40.5 Å². The average molecular weight is 396 g/mol. The molecule has 5 heteroatoms. The average Bonchev–Trinajstić information content (AvgIpc) is 3.40. The zero-order chi connectivity index (χ0) is 19.3. The second kappa shape index (κ2) is 8.93. The zero-order valence-electron chi connectivity index (χ0n) is 16.4. The van der Waals surface area contributed by atoms with Crippen molar-refractivity contribution in [3.8, 4) is 0 Å². The lowest BCUT2D eigenvalue weighted by atomic mass is 9.95. The number of rotatable bonds is 7. The van der Waals surface area contributed by atoms with Crippen molar-refractivity contribution >= 4 is 28.1 Å². The lowest BCUT2D eigenvalue weighted by Gasteiger charge is -2.25. The van der Waals surface area contributed by atoms with E-state index in [-0.39, 0.29) is 17.9 Å². The summed E-state index contributed by atoms with van der Waals surface area (Å²) in [5.74, 6) is 0.344. The summed E-state index contributed by atoms with van der Waals surface area (Å²) in [6.45, 7) is 2.71. The molecule has 1 saturated carbocycles. The molecule has 0 saturated heterocycles. The Morgan fingerprint density at radius 2 is 2.00 bits per heavy atom. The van der Waals surface area contributed by atoms with E-state index in [2.05, 4.69) is 63.6 Å². The predicted octanol–water partition coefficient (Wildman–Crippen LogP) is 4.79. The van der Waals surface area contributed by atoms with E-state index in [0.717, 1.165) is 24.9 Å². The minimum atomic E-state index is -0.199. The van der Waals surface area contributed by atoms with Crippen LogP contribution in [0.1, 0.15) is 55.4 Å². The van der Waals surface area contributed by atoms with Crippen molar-refractivity contribution in [1.29, 1.82) is 0 Å². The van der Waals surface area contributed by atoms with Gasteiger partial charge in [0.25, 0.3) is 0 Å². The summed E-state index contributed by atoms with van der Waals surface area (Å²) in [6.07, 6.45) is 8.11. The molecule has 1 aliphatic rings. The molecule has 2 aromatic heterocycles. The molecule has 4 rings (SSSR count). The smallest absolute Gasteiger partial charge is 0.237 e. The van der Waals surface area contributed by atoms with Crippen LogP contribution in [0, 0.1) is 0 Å². The molecule has 0 unspecified atom stereocenters. The Bertz CT molecular complexity index is 896. The Kier molecular flexibility index (Phi) is 6.13. The summed E-state index contributed by atoms with van der Waals surface area (Å²) in [5.41, 5.74) is 2.44. The number of aromatic amines is 1. The summed E-state index contributed by atoms with van der Waals surface area (Å²) < 4.78 is 0. The number of hydrogen-bond donors (Lipinski definition) is 3. The number of amides is 1. The van der Waals surface area contributed by atoms with Gasteiger partial charge in [0.15, 0.2) is 0 Å². The molecule has 0 radical (unpaired) electrons. The highest BCUT2D eigenvalue weighted by molar-refractivity contribution is 7.10. The molecule has 1 fully saturated rings. The van der Waals surface area contributed by atoms with Crippen molar-refractivity contribution < 1.29 is 4.79 Å². The number of para-hydroxylation sites is 1. The molecule has 1 aliphatic carbocycles. The molecule has 4 nitrogen and oxygen atoms in total. The van der Waals surface area contributed by atoms with Crippen molar-refractivity contribution in [2.75, 3.05) is 6.54 Å². The van der Waals surface area contributed by atoms with E-state index in [1.165, 1.54) is 35.1 Å². The molecular formula is C23H29N3OS. The standard InChI is InChI=1S/C23H29N3OS/c1-16(23(27)26-17-8-3-2-4-9-17)24-15-20(22-12-7-13-28-22)19-14-25-21-11-6-5-10-18(19)21/h5-7,10-14,16-17,20,24-25H,2-4,8-9,15H2,1H3,(H,26,27)/t16-,20+/m1/s1. The summed E-state index contributed by atoms with van der Waals surface area (Å²) in [7, 11) is 0. The first kappa shape index (κ1) is 19.2. The maximum absolute atomic E-state index is 12.6. The number of fused-ring (bicyclic) bond motifs is 1. The van der Waals surface area contributed by atoms with Crippen LogP contribution in [-0.2, 0) is 4.79 Å². The number of carbonyl (C=O) groups is 1. The molecule has 0 spiro atoms. The van der Waals surface area contributed by atoms with Gasteiger partial charge in [0.1, 0.15) is 0 Å². The Morgan fingerprint density at radius 3 is 2.79 bits per heavy atom.